The second-order valence-electron chi connectivity index (χ2n) is 6.47. The molecule has 4 rings (SSSR count). The monoisotopic (exact) mass is 490 g/mol. The predicted octanol–water partition coefficient (Wildman–Crippen LogP) is 5.13. The zero-order valence-electron chi connectivity index (χ0n) is 16.2. The number of nitrogen functional groups attached to an aromatic ring is 1. The maximum atomic E-state index is 12.4. The van der Waals surface area contributed by atoms with Gasteiger partial charge in [0.2, 0.25) is 11.1 Å². The average Bonchev–Trinajstić information content (AvgIpc) is 3.34. The summed E-state index contributed by atoms with van der Waals surface area (Å²) in [5.74, 6) is 6.39. The van der Waals surface area contributed by atoms with Crippen molar-refractivity contribution in [3.63, 3.8) is 0 Å². The highest BCUT2D eigenvalue weighted by Gasteiger charge is 2.16. The van der Waals surface area contributed by atoms with Crippen molar-refractivity contribution in [1.82, 2.24) is 19.9 Å². The number of aryl methyl sites for hydroxylation is 1. The molecule has 0 saturated heterocycles. The summed E-state index contributed by atoms with van der Waals surface area (Å²) in [6, 6.07) is 12.6. The summed E-state index contributed by atoms with van der Waals surface area (Å²) in [5.41, 5.74) is 3.08. The Labute approximate surface area is 196 Å². The van der Waals surface area contributed by atoms with Crippen LogP contribution in [0.5, 0.6) is 0 Å². The van der Waals surface area contributed by atoms with Crippen LogP contribution in [-0.4, -0.2) is 31.5 Å². The first-order chi connectivity index (χ1) is 14.9. The number of hydrogen-bond acceptors (Lipinski definition) is 7. The second kappa shape index (κ2) is 9.27. The summed E-state index contributed by atoms with van der Waals surface area (Å²) in [6.45, 7) is 1.96. The van der Waals surface area contributed by atoms with Crippen molar-refractivity contribution in [2.24, 2.45) is 0 Å². The van der Waals surface area contributed by atoms with Crippen LogP contribution in [0.1, 0.15) is 5.01 Å². The summed E-state index contributed by atoms with van der Waals surface area (Å²) >= 11 is 15.0. The van der Waals surface area contributed by atoms with E-state index in [-0.39, 0.29) is 11.7 Å². The molecule has 0 saturated carbocycles. The van der Waals surface area contributed by atoms with Crippen LogP contribution in [0.25, 0.3) is 22.6 Å². The maximum Gasteiger partial charge on any atom is 0.234 e. The molecule has 2 aromatic carbocycles. The van der Waals surface area contributed by atoms with Crippen LogP contribution in [0.3, 0.4) is 0 Å². The first-order valence-electron chi connectivity index (χ1n) is 9.02. The number of halogens is 2. The summed E-state index contributed by atoms with van der Waals surface area (Å²) in [5, 5.41) is 15.3. The van der Waals surface area contributed by atoms with Gasteiger partial charge in [0.05, 0.1) is 21.5 Å². The van der Waals surface area contributed by atoms with E-state index < -0.39 is 0 Å². The molecule has 0 aliphatic rings. The molecule has 0 bridgehead atoms. The van der Waals surface area contributed by atoms with E-state index >= 15 is 0 Å². The normalized spacial score (nSPS) is 10.9. The van der Waals surface area contributed by atoms with Gasteiger partial charge in [0, 0.05) is 27.2 Å². The Morgan fingerprint density at radius 3 is 2.84 bits per heavy atom. The lowest BCUT2D eigenvalue weighted by Gasteiger charge is -2.07. The fourth-order valence-corrected chi connectivity index (χ4v) is 4.46. The number of nitrogens with one attached hydrogen (secondary N) is 1. The van der Waals surface area contributed by atoms with E-state index in [2.05, 4.69) is 20.5 Å². The number of nitrogens with two attached hydrogens (primary N) is 1. The first kappa shape index (κ1) is 21.6. The van der Waals surface area contributed by atoms with Crippen LogP contribution in [0, 0.1) is 6.92 Å². The number of rotatable bonds is 6. The highest BCUT2D eigenvalue weighted by molar-refractivity contribution is 7.99. The molecule has 0 fully saturated rings. The first-order valence-corrected chi connectivity index (χ1v) is 11.6. The Kier molecular flexibility index (Phi) is 6.47. The molecule has 0 atom stereocenters. The van der Waals surface area contributed by atoms with Crippen LogP contribution < -0.4 is 11.2 Å². The van der Waals surface area contributed by atoms with Gasteiger partial charge < -0.3 is 11.2 Å². The smallest absolute Gasteiger partial charge is 0.234 e. The molecule has 0 aliphatic carbocycles. The number of amides is 1. The van der Waals surface area contributed by atoms with E-state index in [4.69, 9.17) is 29.0 Å². The van der Waals surface area contributed by atoms with Crippen LogP contribution in [-0.2, 0) is 4.79 Å². The van der Waals surface area contributed by atoms with Crippen molar-refractivity contribution in [1.29, 1.82) is 0 Å². The van der Waals surface area contributed by atoms with Gasteiger partial charge in [-0.15, -0.1) is 21.5 Å². The molecule has 1 amide bonds. The number of hydrogen-bond donors (Lipinski definition) is 2. The molecular weight excluding hydrogens is 475 g/mol. The minimum absolute atomic E-state index is 0.110. The number of thiazole rings is 1. The van der Waals surface area contributed by atoms with Crippen molar-refractivity contribution in [3.8, 4) is 22.6 Å². The van der Waals surface area contributed by atoms with E-state index in [0.717, 1.165) is 16.3 Å². The number of benzene rings is 2. The van der Waals surface area contributed by atoms with Crippen molar-refractivity contribution in [3.05, 3.63) is 62.9 Å². The minimum atomic E-state index is -0.193. The quantitative estimate of drug-likeness (QED) is 0.287. The Morgan fingerprint density at radius 1 is 1.23 bits per heavy atom. The van der Waals surface area contributed by atoms with Gasteiger partial charge in [0.15, 0.2) is 5.82 Å². The topological polar surface area (TPSA) is 98.7 Å². The summed E-state index contributed by atoms with van der Waals surface area (Å²) in [6.07, 6.45) is 0. The Hall–Kier alpha value is -2.59. The van der Waals surface area contributed by atoms with Gasteiger partial charge in [0.1, 0.15) is 0 Å². The third-order valence-electron chi connectivity index (χ3n) is 4.23. The van der Waals surface area contributed by atoms with Crippen molar-refractivity contribution in [2.45, 2.75) is 12.1 Å². The molecular formula is C20H16Cl2N6OS2. The van der Waals surface area contributed by atoms with Gasteiger partial charge in [-0.3, -0.25) is 4.79 Å². The Balaban J connectivity index is 1.42. The number of carbonyl (C=O) groups is 1. The van der Waals surface area contributed by atoms with Gasteiger partial charge in [-0.05, 0) is 37.3 Å². The van der Waals surface area contributed by atoms with Crippen LogP contribution in [0.2, 0.25) is 10.0 Å². The SMILES string of the molecule is Cc1nc(-c2cccc(NC(=O)CSc3nnc(-c4cc(Cl)ccc4Cl)n3N)c2)cs1. The number of thioether (sulfide) groups is 1. The van der Waals surface area contributed by atoms with Gasteiger partial charge in [0.25, 0.3) is 0 Å². The largest absolute Gasteiger partial charge is 0.335 e. The van der Waals surface area contributed by atoms with Gasteiger partial charge in [-0.2, -0.15) is 0 Å². The van der Waals surface area contributed by atoms with Gasteiger partial charge >= 0.3 is 0 Å². The van der Waals surface area contributed by atoms with Crippen molar-refractivity contribution >= 4 is 57.9 Å². The lowest BCUT2D eigenvalue weighted by atomic mass is 10.1. The standard InChI is InChI=1S/C20H16Cl2N6OS2/c1-11-24-17(9-30-11)12-3-2-4-14(7-12)25-18(29)10-31-20-27-26-19(28(20)23)15-8-13(21)5-6-16(15)22/h2-9H,10,23H2,1H3,(H,25,29). The molecule has 2 aromatic heterocycles. The fraction of sp³-hybridized carbons (Fsp3) is 0.100. The second-order valence-corrected chi connectivity index (χ2v) is 9.32. The molecule has 0 unspecified atom stereocenters. The molecule has 0 spiro atoms. The van der Waals surface area contributed by atoms with E-state index in [1.165, 1.54) is 16.4 Å². The third kappa shape index (κ3) is 5.01. The van der Waals surface area contributed by atoms with Gasteiger partial charge in [-0.1, -0.05) is 47.1 Å². The summed E-state index contributed by atoms with van der Waals surface area (Å²) in [4.78, 5) is 16.9. The lowest BCUT2D eigenvalue weighted by Crippen LogP contribution is -2.16. The molecule has 0 radical (unpaired) electrons. The van der Waals surface area contributed by atoms with E-state index in [1.807, 2.05) is 36.6 Å². The molecule has 158 valence electrons. The number of aromatic nitrogens is 4. The number of nitrogens with zero attached hydrogens (tertiary/aromatic N) is 4. The molecule has 2 heterocycles. The minimum Gasteiger partial charge on any atom is -0.335 e. The van der Waals surface area contributed by atoms with E-state index in [0.29, 0.717) is 32.3 Å². The number of anilines is 1. The molecule has 31 heavy (non-hydrogen) atoms. The van der Waals surface area contributed by atoms with Gasteiger partial charge in [-0.25, -0.2) is 9.66 Å². The molecule has 4 aromatic rings. The molecule has 7 nitrogen and oxygen atoms in total. The predicted molar refractivity (Wildman–Crippen MR) is 127 cm³/mol. The highest BCUT2D eigenvalue weighted by atomic mass is 35.5. The van der Waals surface area contributed by atoms with Crippen molar-refractivity contribution in [2.75, 3.05) is 16.9 Å². The van der Waals surface area contributed by atoms with Crippen LogP contribution in [0.15, 0.2) is 53.0 Å². The Bertz CT molecular complexity index is 1260. The van der Waals surface area contributed by atoms with Crippen LogP contribution in [0.4, 0.5) is 5.69 Å². The fourth-order valence-electron chi connectivity index (χ4n) is 2.81. The molecule has 3 N–H and O–H groups in total. The summed E-state index contributed by atoms with van der Waals surface area (Å²) < 4.78 is 1.29. The third-order valence-corrected chi connectivity index (χ3v) is 6.51. The van der Waals surface area contributed by atoms with E-state index in [1.54, 1.807) is 29.5 Å². The lowest BCUT2D eigenvalue weighted by molar-refractivity contribution is -0.113. The average molecular weight is 491 g/mol. The molecule has 0 aliphatic heterocycles. The highest BCUT2D eigenvalue weighted by Crippen LogP contribution is 2.30. The van der Waals surface area contributed by atoms with E-state index in [9.17, 15) is 4.79 Å². The van der Waals surface area contributed by atoms with Crippen LogP contribution >= 0.6 is 46.3 Å². The molecule has 11 heteroatoms. The number of carbonyl (C=O) groups excluding carboxylic acids is 1. The summed E-state index contributed by atoms with van der Waals surface area (Å²) in [7, 11) is 0. The zero-order chi connectivity index (χ0) is 22.0. The zero-order valence-corrected chi connectivity index (χ0v) is 19.3. The van der Waals surface area contributed by atoms with Crippen molar-refractivity contribution < 1.29 is 4.79 Å². The Morgan fingerprint density at radius 2 is 2.06 bits per heavy atom. The maximum absolute atomic E-state index is 12.4.